The number of rotatable bonds is 8. The van der Waals surface area contributed by atoms with Crippen LogP contribution >= 0.6 is 0 Å². The highest BCUT2D eigenvalue weighted by Crippen LogP contribution is 2.52. The number of non-ortho nitro benzene ring substituents is 2. The Bertz CT molecular complexity index is 2030. The van der Waals surface area contributed by atoms with Gasteiger partial charge in [0.25, 0.3) is 31.6 Å². The predicted octanol–water partition coefficient (Wildman–Crippen LogP) is 6.55. The molecule has 0 atom stereocenters. The zero-order valence-corrected chi connectivity index (χ0v) is 24.6. The Labute approximate surface area is 253 Å². The van der Waals surface area contributed by atoms with Crippen molar-refractivity contribution < 1.29 is 35.8 Å². The van der Waals surface area contributed by atoms with Gasteiger partial charge in [0.05, 0.1) is 32.6 Å². The van der Waals surface area contributed by atoms with Gasteiger partial charge in [0.15, 0.2) is 0 Å². The van der Waals surface area contributed by atoms with Gasteiger partial charge in [0.2, 0.25) is 0 Å². The third kappa shape index (κ3) is 6.28. The number of nitro groups is 2. The molecule has 5 rings (SSSR count). The van der Waals surface area contributed by atoms with Crippen molar-refractivity contribution in [1.29, 1.82) is 0 Å². The minimum Gasteiger partial charge on any atom is -0.361 e. The molecule has 0 aliphatic carbocycles. The van der Waals surface area contributed by atoms with Crippen molar-refractivity contribution in [3.05, 3.63) is 80.9 Å². The van der Waals surface area contributed by atoms with Crippen LogP contribution in [-0.2, 0) is 20.2 Å². The number of nitrogens with one attached hydrogen (secondary N) is 2. The molecule has 45 heavy (non-hydrogen) atoms. The van der Waals surface area contributed by atoms with Gasteiger partial charge in [0.1, 0.15) is 26.8 Å². The van der Waals surface area contributed by atoms with Gasteiger partial charge in [-0.25, -0.2) is 0 Å². The molecule has 1 aliphatic rings. The summed E-state index contributed by atoms with van der Waals surface area (Å²) in [7, 11) is -10.1. The van der Waals surface area contributed by atoms with Crippen LogP contribution in [0.2, 0.25) is 0 Å². The predicted molar refractivity (Wildman–Crippen MR) is 159 cm³/mol. The van der Waals surface area contributed by atoms with E-state index in [1.165, 1.54) is 24.3 Å². The fraction of sp³-hybridized carbons (Fsp3) is 0.120. The van der Waals surface area contributed by atoms with Gasteiger partial charge in [-0.1, -0.05) is 0 Å². The summed E-state index contributed by atoms with van der Waals surface area (Å²) in [5, 5.41) is 44.1. The number of nitrogens with zero attached hydrogens (tertiary/aromatic N) is 6. The third-order valence-electron chi connectivity index (χ3n) is 6.39. The smallest absolute Gasteiger partial charge is 0.296 e. The van der Waals surface area contributed by atoms with Gasteiger partial charge in [-0.3, -0.25) is 29.3 Å². The molecule has 0 saturated carbocycles. The standard InChI is InChI=1S/C25H20N8O10S2/c1-25(2)26-23-20-13(11-18(44(38,39)40)21(23)30-28-14-3-7-16(8-4-14)32(34)35)12-19(45(41,42)43)22(24(20)27-25)31-29-15-5-9-17(10-6-15)33(36)37/h3-12,26-27H,1-2H3,(H,38,39,40)(H,41,42,43). The Balaban J connectivity index is 1.80. The summed E-state index contributed by atoms with van der Waals surface area (Å²) in [5.74, 6) is 0. The molecule has 4 aromatic carbocycles. The third-order valence-corrected chi connectivity index (χ3v) is 8.12. The van der Waals surface area contributed by atoms with Crippen molar-refractivity contribution in [2.75, 3.05) is 10.6 Å². The lowest BCUT2D eigenvalue weighted by molar-refractivity contribution is -0.385. The van der Waals surface area contributed by atoms with Crippen molar-refractivity contribution in [3.63, 3.8) is 0 Å². The summed E-state index contributed by atoms with van der Waals surface area (Å²) < 4.78 is 70.3. The van der Waals surface area contributed by atoms with Crippen LogP contribution in [0.3, 0.4) is 0 Å². The maximum atomic E-state index is 12.5. The molecule has 4 N–H and O–H groups in total. The Kier molecular flexibility index (Phi) is 7.53. The maximum Gasteiger partial charge on any atom is 0.296 e. The fourth-order valence-electron chi connectivity index (χ4n) is 4.49. The molecule has 18 nitrogen and oxygen atoms in total. The second-order valence-corrected chi connectivity index (χ2v) is 12.8. The van der Waals surface area contributed by atoms with Crippen molar-refractivity contribution in [1.82, 2.24) is 0 Å². The Morgan fingerprint density at radius 1 is 0.667 bits per heavy atom. The molecule has 1 heterocycles. The fourth-order valence-corrected chi connectivity index (χ4v) is 5.82. The topological polar surface area (TPSA) is 269 Å². The first kappa shape index (κ1) is 31.0. The van der Waals surface area contributed by atoms with Crippen LogP contribution in [0.4, 0.5) is 45.5 Å². The molecule has 0 radical (unpaired) electrons. The summed E-state index contributed by atoms with van der Waals surface area (Å²) >= 11 is 0. The van der Waals surface area contributed by atoms with Crippen LogP contribution in [0.15, 0.2) is 90.9 Å². The first-order chi connectivity index (χ1) is 20.9. The van der Waals surface area contributed by atoms with E-state index in [2.05, 4.69) is 31.1 Å². The van der Waals surface area contributed by atoms with Crippen LogP contribution < -0.4 is 10.6 Å². The number of anilines is 2. The highest BCUT2D eigenvalue weighted by atomic mass is 32.2. The summed E-state index contributed by atoms with van der Waals surface area (Å²) in [4.78, 5) is 19.2. The molecule has 0 amide bonds. The summed E-state index contributed by atoms with van der Waals surface area (Å²) in [6, 6.07) is 11.5. The molecule has 232 valence electrons. The number of hydrogen-bond donors (Lipinski definition) is 4. The van der Waals surface area contributed by atoms with E-state index in [0.717, 1.165) is 36.4 Å². The highest BCUT2D eigenvalue weighted by Gasteiger charge is 2.35. The number of nitro benzene ring substituents is 2. The lowest BCUT2D eigenvalue weighted by Crippen LogP contribution is -2.42. The van der Waals surface area contributed by atoms with E-state index in [-0.39, 0.29) is 44.9 Å². The normalized spacial score (nSPS) is 14.4. The molecule has 20 heteroatoms. The lowest BCUT2D eigenvalue weighted by Gasteiger charge is -2.37. The zero-order valence-electron chi connectivity index (χ0n) is 22.9. The summed E-state index contributed by atoms with van der Waals surface area (Å²) in [6.07, 6.45) is 0. The average molecular weight is 657 g/mol. The lowest BCUT2D eigenvalue weighted by atomic mass is 9.98. The minimum absolute atomic E-state index is 0.0294. The molecule has 0 saturated heterocycles. The van der Waals surface area contributed by atoms with E-state index in [1.807, 2.05) is 0 Å². The van der Waals surface area contributed by atoms with Crippen molar-refractivity contribution in [2.45, 2.75) is 29.3 Å². The van der Waals surface area contributed by atoms with Crippen LogP contribution in [0.25, 0.3) is 10.8 Å². The van der Waals surface area contributed by atoms with E-state index in [0.29, 0.717) is 0 Å². The van der Waals surface area contributed by atoms with Crippen LogP contribution in [0, 0.1) is 20.2 Å². The molecule has 0 fully saturated rings. The van der Waals surface area contributed by atoms with Crippen molar-refractivity contribution in [2.24, 2.45) is 20.5 Å². The molecular weight excluding hydrogens is 636 g/mol. The largest absolute Gasteiger partial charge is 0.361 e. The second-order valence-electron chi connectivity index (χ2n) is 10.1. The number of benzene rings is 4. The van der Waals surface area contributed by atoms with Gasteiger partial charge < -0.3 is 10.6 Å². The van der Waals surface area contributed by atoms with Crippen molar-refractivity contribution >= 4 is 76.5 Å². The van der Waals surface area contributed by atoms with E-state index in [4.69, 9.17) is 0 Å². The number of hydrogen-bond acceptors (Lipinski definition) is 14. The van der Waals surface area contributed by atoms with Gasteiger partial charge in [-0.2, -0.15) is 27.1 Å². The quantitative estimate of drug-likeness (QED) is 0.0680. The van der Waals surface area contributed by atoms with Gasteiger partial charge in [0, 0.05) is 29.7 Å². The first-order valence-corrected chi connectivity index (χ1v) is 15.3. The van der Waals surface area contributed by atoms with Crippen LogP contribution in [-0.4, -0.2) is 41.5 Å². The molecule has 0 spiro atoms. The monoisotopic (exact) mass is 656 g/mol. The molecular formula is C25H20N8O10S2. The molecule has 4 aromatic rings. The second kappa shape index (κ2) is 10.9. The summed E-state index contributed by atoms with van der Waals surface area (Å²) in [5.41, 5.74) is -2.27. The van der Waals surface area contributed by atoms with E-state index in [1.54, 1.807) is 13.8 Å². The SMILES string of the molecule is CC1(C)Nc2c(N=Nc3ccc([N+](=O)[O-])cc3)c(S(=O)(=O)O)cc3cc(S(=O)(=O)O)c(N=Nc4ccc([N+](=O)[O-])cc4)c(c23)N1. The Morgan fingerprint density at radius 3 is 1.33 bits per heavy atom. The number of azo groups is 2. The molecule has 1 aliphatic heterocycles. The van der Waals surface area contributed by atoms with Gasteiger partial charge in [-0.15, -0.1) is 10.2 Å². The first-order valence-electron chi connectivity index (χ1n) is 12.5. The highest BCUT2D eigenvalue weighted by molar-refractivity contribution is 7.86. The van der Waals surface area contributed by atoms with Gasteiger partial charge >= 0.3 is 0 Å². The van der Waals surface area contributed by atoms with Gasteiger partial charge in [-0.05, 0) is 55.6 Å². The minimum atomic E-state index is -5.03. The molecule has 0 bridgehead atoms. The maximum absolute atomic E-state index is 12.5. The van der Waals surface area contributed by atoms with Crippen LogP contribution in [0.5, 0.6) is 0 Å². The van der Waals surface area contributed by atoms with E-state index >= 15 is 0 Å². The van der Waals surface area contributed by atoms with Crippen LogP contribution in [0.1, 0.15) is 13.8 Å². The molecule has 0 unspecified atom stereocenters. The Hall–Kier alpha value is -5.44. The van der Waals surface area contributed by atoms with E-state index in [9.17, 15) is 46.2 Å². The zero-order chi connectivity index (χ0) is 32.9. The summed E-state index contributed by atoms with van der Waals surface area (Å²) in [6.45, 7) is 3.19. The molecule has 0 aromatic heterocycles. The van der Waals surface area contributed by atoms with E-state index < -0.39 is 56.9 Å². The Morgan fingerprint density at radius 2 is 1.02 bits per heavy atom. The average Bonchev–Trinajstić information content (AvgIpc) is 2.94. The van der Waals surface area contributed by atoms with Crippen molar-refractivity contribution in [3.8, 4) is 0 Å².